The zero-order valence-electron chi connectivity index (χ0n) is 23.3. The Kier molecular flexibility index (Phi) is 9.47. The lowest BCUT2D eigenvalue weighted by Crippen LogP contribution is -2.22. The van der Waals surface area contributed by atoms with Crippen LogP contribution >= 0.6 is 15.9 Å². The number of nitriles is 1. The Bertz CT molecular complexity index is 1590. The van der Waals surface area contributed by atoms with Gasteiger partial charge >= 0.3 is 5.82 Å². The molecule has 10 nitrogen and oxygen atoms in total. The van der Waals surface area contributed by atoms with E-state index in [9.17, 15) is 19.8 Å². The lowest BCUT2D eigenvalue weighted by Gasteiger charge is -2.18. The SMILES string of the molecule is C[C@@H](Cc1cc(Br)cnc1[N+](=O)[O-])c1cc(F)ccc1-n1nccc1Cc1cc(C#N)n(COCC[Si](C)(C)C)n1. The molecule has 0 aliphatic rings. The average Bonchev–Trinajstić information content (AvgIpc) is 3.52. The van der Waals surface area contributed by atoms with E-state index >= 15 is 0 Å². The van der Waals surface area contributed by atoms with Crippen molar-refractivity contribution in [1.82, 2.24) is 24.5 Å². The van der Waals surface area contributed by atoms with Gasteiger partial charge in [-0.1, -0.05) is 26.6 Å². The maximum atomic E-state index is 14.5. The molecule has 3 aromatic heterocycles. The van der Waals surface area contributed by atoms with Crippen LogP contribution in [0.5, 0.6) is 0 Å². The summed E-state index contributed by atoms with van der Waals surface area (Å²) in [6.07, 6.45) is 3.68. The van der Waals surface area contributed by atoms with Gasteiger partial charge < -0.3 is 14.9 Å². The van der Waals surface area contributed by atoms with Crippen molar-refractivity contribution >= 4 is 29.8 Å². The number of nitro groups is 1. The van der Waals surface area contributed by atoms with Crippen molar-refractivity contribution in [1.29, 1.82) is 5.26 Å². The van der Waals surface area contributed by atoms with Crippen LogP contribution in [0.15, 0.2) is 53.3 Å². The van der Waals surface area contributed by atoms with E-state index < -0.39 is 18.8 Å². The Morgan fingerprint density at radius 3 is 2.73 bits per heavy atom. The van der Waals surface area contributed by atoms with E-state index in [1.807, 2.05) is 13.0 Å². The third-order valence-corrected chi connectivity index (χ3v) is 8.73. The van der Waals surface area contributed by atoms with Crippen molar-refractivity contribution in [3.63, 3.8) is 0 Å². The first-order valence-corrected chi connectivity index (χ1v) is 17.6. The van der Waals surface area contributed by atoms with E-state index in [1.54, 1.807) is 33.8 Å². The van der Waals surface area contributed by atoms with Gasteiger partial charge in [0.15, 0.2) is 6.20 Å². The maximum Gasteiger partial charge on any atom is 0.366 e. The van der Waals surface area contributed by atoms with Crippen LogP contribution in [0.25, 0.3) is 5.69 Å². The van der Waals surface area contributed by atoms with Crippen molar-refractivity contribution in [2.24, 2.45) is 0 Å². The van der Waals surface area contributed by atoms with Crippen LogP contribution in [0.2, 0.25) is 25.7 Å². The molecular formula is C28H31BrFN7O3Si. The third-order valence-electron chi connectivity index (χ3n) is 6.60. The lowest BCUT2D eigenvalue weighted by atomic mass is 9.92. The van der Waals surface area contributed by atoms with Crippen LogP contribution < -0.4 is 0 Å². The Labute approximate surface area is 247 Å². The molecule has 0 bridgehead atoms. The van der Waals surface area contributed by atoms with Gasteiger partial charge in [0.1, 0.15) is 24.3 Å². The summed E-state index contributed by atoms with van der Waals surface area (Å²) in [5.41, 5.74) is 3.59. The summed E-state index contributed by atoms with van der Waals surface area (Å²) in [5, 5.41) is 30.3. The standard InChI is InChI=1S/C28H31BrFN7O3Si/c1-19(11-20-12-21(29)17-32-28(20)37(38)39)26-13-22(30)5-6-27(26)36-24(7-8-33-36)14-23-15-25(16-31)35(34-23)18-40-9-10-41(2,3)4/h5-8,12-13,15,17,19H,9-11,14,18H2,1-4H3/t19-/m0/s1. The molecule has 4 aromatic rings. The molecule has 0 saturated carbocycles. The summed E-state index contributed by atoms with van der Waals surface area (Å²) < 4.78 is 24.2. The average molecular weight is 641 g/mol. The number of nitrogens with zero attached hydrogens (tertiary/aromatic N) is 7. The summed E-state index contributed by atoms with van der Waals surface area (Å²) in [6, 6.07) is 12.9. The molecule has 0 unspecified atom stereocenters. The van der Waals surface area contributed by atoms with Gasteiger partial charge in [-0.05, 0) is 86.2 Å². The highest BCUT2D eigenvalue weighted by Gasteiger charge is 2.22. The van der Waals surface area contributed by atoms with E-state index in [0.717, 1.165) is 11.7 Å². The monoisotopic (exact) mass is 639 g/mol. The molecule has 41 heavy (non-hydrogen) atoms. The minimum atomic E-state index is -1.23. The molecule has 0 spiro atoms. The predicted octanol–water partition coefficient (Wildman–Crippen LogP) is 6.39. The molecule has 214 valence electrons. The van der Waals surface area contributed by atoms with E-state index in [4.69, 9.17) is 4.74 Å². The Morgan fingerprint density at radius 2 is 2.02 bits per heavy atom. The molecule has 0 N–H and O–H groups in total. The van der Waals surface area contributed by atoms with Crippen LogP contribution in [0.1, 0.15) is 41.1 Å². The first-order valence-electron chi connectivity index (χ1n) is 13.1. The molecule has 0 fully saturated rings. The van der Waals surface area contributed by atoms with Gasteiger partial charge in [-0.3, -0.25) is 0 Å². The normalized spacial score (nSPS) is 12.3. The largest absolute Gasteiger partial charge is 0.366 e. The van der Waals surface area contributed by atoms with Crippen LogP contribution in [-0.4, -0.2) is 44.1 Å². The minimum absolute atomic E-state index is 0.197. The molecule has 1 atom stereocenters. The summed E-state index contributed by atoms with van der Waals surface area (Å²) >= 11 is 3.33. The number of hydrogen-bond donors (Lipinski definition) is 0. The zero-order chi connectivity index (χ0) is 29.7. The quantitative estimate of drug-likeness (QED) is 0.0760. The number of ether oxygens (including phenoxy) is 1. The second kappa shape index (κ2) is 12.8. The first-order chi connectivity index (χ1) is 19.4. The number of benzene rings is 1. The fraction of sp³-hybridized carbons (Fsp3) is 0.357. The van der Waals surface area contributed by atoms with Gasteiger partial charge in [-0.15, -0.1) is 0 Å². The van der Waals surface area contributed by atoms with E-state index in [2.05, 4.69) is 56.8 Å². The molecule has 13 heteroatoms. The lowest BCUT2D eigenvalue weighted by molar-refractivity contribution is -0.390. The van der Waals surface area contributed by atoms with Gasteiger partial charge in [0.25, 0.3) is 0 Å². The molecule has 0 aliphatic heterocycles. The summed E-state index contributed by atoms with van der Waals surface area (Å²) in [7, 11) is -1.23. The van der Waals surface area contributed by atoms with Crippen molar-refractivity contribution < 1.29 is 14.1 Å². The maximum absolute atomic E-state index is 14.5. The fourth-order valence-electron chi connectivity index (χ4n) is 4.48. The number of rotatable bonds is 12. The fourth-order valence-corrected chi connectivity index (χ4v) is 5.62. The van der Waals surface area contributed by atoms with Crippen molar-refractivity contribution in [2.45, 2.75) is 58.1 Å². The minimum Gasteiger partial charge on any atom is -0.359 e. The van der Waals surface area contributed by atoms with Gasteiger partial charge in [-0.2, -0.15) is 15.5 Å². The number of aromatic nitrogens is 5. The summed E-state index contributed by atoms with van der Waals surface area (Å²) in [5.74, 6) is -0.950. The topological polar surface area (TPSA) is 125 Å². The Balaban J connectivity index is 1.59. The number of pyridine rings is 1. The molecule has 0 amide bonds. The van der Waals surface area contributed by atoms with Gasteiger partial charge in [0.2, 0.25) is 0 Å². The van der Waals surface area contributed by atoms with E-state index in [1.165, 1.54) is 18.3 Å². The van der Waals surface area contributed by atoms with Crippen molar-refractivity contribution in [3.8, 4) is 11.8 Å². The number of halogens is 2. The third kappa shape index (κ3) is 7.72. The summed E-state index contributed by atoms with van der Waals surface area (Å²) in [4.78, 5) is 15.0. The summed E-state index contributed by atoms with van der Waals surface area (Å²) in [6.45, 7) is 9.54. The molecule has 3 heterocycles. The molecule has 0 aliphatic carbocycles. The molecule has 1 aromatic carbocycles. The highest BCUT2D eigenvalue weighted by atomic mass is 79.9. The van der Waals surface area contributed by atoms with Crippen LogP contribution in [0.3, 0.4) is 0 Å². The van der Waals surface area contributed by atoms with E-state index in [0.29, 0.717) is 45.7 Å². The van der Waals surface area contributed by atoms with Gasteiger partial charge in [0, 0.05) is 27.3 Å². The van der Waals surface area contributed by atoms with Crippen LogP contribution in [0.4, 0.5) is 10.2 Å². The van der Waals surface area contributed by atoms with Crippen molar-refractivity contribution in [2.75, 3.05) is 6.61 Å². The second-order valence-corrected chi connectivity index (χ2v) is 17.6. The predicted molar refractivity (Wildman–Crippen MR) is 158 cm³/mol. The molecule has 0 saturated heterocycles. The highest BCUT2D eigenvalue weighted by molar-refractivity contribution is 9.10. The first kappa shape index (κ1) is 30.2. The van der Waals surface area contributed by atoms with Gasteiger partial charge in [0.05, 0.1) is 27.1 Å². The smallest absolute Gasteiger partial charge is 0.359 e. The van der Waals surface area contributed by atoms with E-state index in [-0.39, 0.29) is 24.9 Å². The Hall–Kier alpha value is -3.73. The zero-order valence-corrected chi connectivity index (χ0v) is 25.9. The highest BCUT2D eigenvalue weighted by Crippen LogP contribution is 2.31. The molecule has 0 radical (unpaired) electrons. The second-order valence-electron chi connectivity index (χ2n) is 11.1. The number of hydrogen-bond acceptors (Lipinski definition) is 7. The van der Waals surface area contributed by atoms with Crippen LogP contribution in [0, 0.1) is 27.3 Å². The van der Waals surface area contributed by atoms with Crippen molar-refractivity contribution in [3.05, 3.63) is 97.4 Å². The van der Waals surface area contributed by atoms with Gasteiger partial charge in [-0.25, -0.2) is 13.8 Å². The molecular weight excluding hydrogens is 609 g/mol. The van der Waals surface area contributed by atoms with Crippen LogP contribution in [-0.2, 0) is 24.3 Å². The molecule has 4 rings (SSSR count). The Morgan fingerprint density at radius 1 is 1.24 bits per heavy atom.